The van der Waals surface area contributed by atoms with Gasteiger partial charge in [0.2, 0.25) is 0 Å². The van der Waals surface area contributed by atoms with E-state index in [0.29, 0.717) is 12.3 Å². The molecule has 2 aromatic heterocycles. The highest BCUT2D eigenvalue weighted by molar-refractivity contribution is 5.91. The summed E-state index contributed by atoms with van der Waals surface area (Å²) in [6.07, 6.45) is 1.89. The average molecular weight is 353 g/mol. The summed E-state index contributed by atoms with van der Waals surface area (Å²) in [7, 11) is 1.85. The van der Waals surface area contributed by atoms with Crippen molar-refractivity contribution in [1.29, 1.82) is 0 Å². The number of hydrogen-bond acceptors (Lipinski definition) is 4. The van der Waals surface area contributed by atoms with Gasteiger partial charge in [0, 0.05) is 25.4 Å². The van der Waals surface area contributed by atoms with Crippen molar-refractivity contribution in [3.63, 3.8) is 0 Å². The van der Waals surface area contributed by atoms with Gasteiger partial charge in [-0.1, -0.05) is 12.1 Å². The van der Waals surface area contributed by atoms with Gasteiger partial charge in [0.05, 0.1) is 5.69 Å². The maximum Gasteiger partial charge on any atom is 0.287 e. The third-order valence-corrected chi connectivity index (χ3v) is 4.15. The van der Waals surface area contributed by atoms with Crippen LogP contribution in [0.4, 0.5) is 0 Å². The molecule has 1 amide bonds. The van der Waals surface area contributed by atoms with Crippen LogP contribution < -0.4 is 10.1 Å². The maximum atomic E-state index is 12.2. The van der Waals surface area contributed by atoms with Gasteiger partial charge in [-0.05, 0) is 50.1 Å². The summed E-state index contributed by atoms with van der Waals surface area (Å²) in [6.45, 7) is 6.62. The molecule has 0 radical (unpaired) electrons. The van der Waals surface area contributed by atoms with Gasteiger partial charge in [0.25, 0.3) is 5.91 Å². The van der Waals surface area contributed by atoms with Crippen LogP contribution in [0.5, 0.6) is 5.75 Å². The Morgan fingerprint density at radius 2 is 2.04 bits per heavy atom. The van der Waals surface area contributed by atoms with Gasteiger partial charge in [-0.25, -0.2) is 0 Å². The molecule has 6 nitrogen and oxygen atoms in total. The Bertz CT molecular complexity index is 924. The zero-order valence-electron chi connectivity index (χ0n) is 15.5. The van der Waals surface area contributed by atoms with E-state index in [1.54, 1.807) is 16.8 Å². The lowest BCUT2D eigenvalue weighted by atomic mass is 10.1. The Morgan fingerprint density at radius 1 is 1.23 bits per heavy atom. The van der Waals surface area contributed by atoms with Gasteiger partial charge in [-0.2, -0.15) is 5.10 Å². The Labute approximate surface area is 152 Å². The molecular formula is C20H23N3O3. The van der Waals surface area contributed by atoms with Crippen molar-refractivity contribution in [1.82, 2.24) is 15.1 Å². The third kappa shape index (κ3) is 4.14. The van der Waals surface area contributed by atoms with E-state index in [0.717, 1.165) is 28.1 Å². The van der Waals surface area contributed by atoms with E-state index in [1.165, 1.54) is 0 Å². The molecule has 0 bridgehead atoms. The first-order chi connectivity index (χ1) is 12.4. The zero-order chi connectivity index (χ0) is 18.7. The molecule has 0 aliphatic rings. The summed E-state index contributed by atoms with van der Waals surface area (Å²) >= 11 is 0. The molecule has 0 aliphatic carbocycles. The van der Waals surface area contributed by atoms with Crippen LogP contribution in [-0.2, 0) is 20.2 Å². The third-order valence-electron chi connectivity index (χ3n) is 4.15. The minimum Gasteiger partial charge on any atom is -0.485 e. The van der Waals surface area contributed by atoms with Crippen LogP contribution in [0.3, 0.4) is 0 Å². The number of aromatic nitrogens is 2. The predicted octanol–water partition coefficient (Wildman–Crippen LogP) is 3.45. The summed E-state index contributed by atoms with van der Waals surface area (Å²) in [6, 6.07) is 9.47. The van der Waals surface area contributed by atoms with E-state index in [2.05, 4.69) is 10.4 Å². The largest absolute Gasteiger partial charge is 0.485 e. The summed E-state index contributed by atoms with van der Waals surface area (Å²) in [4.78, 5) is 12.2. The molecule has 136 valence electrons. The van der Waals surface area contributed by atoms with Crippen molar-refractivity contribution < 1.29 is 13.9 Å². The van der Waals surface area contributed by atoms with E-state index < -0.39 is 0 Å². The van der Waals surface area contributed by atoms with Crippen molar-refractivity contribution in [3.05, 3.63) is 70.4 Å². The fraction of sp³-hybridized carbons (Fsp3) is 0.300. The van der Waals surface area contributed by atoms with Crippen LogP contribution in [0.15, 0.2) is 40.9 Å². The number of ether oxygens (including phenoxy) is 1. The topological polar surface area (TPSA) is 69.3 Å². The number of carbonyl (C=O) groups is 1. The summed E-state index contributed by atoms with van der Waals surface area (Å²) < 4.78 is 13.1. The van der Waals surface area contributed by atoms with Gasteiger partial charge >= 0.3 is 0 Å². The highest BCUT2D eigenvalue weighted by atomic mass is 16.5. The van der Waals surface area contributed by atoms with Crippen molar-refractivity contribution in [2.45, 2.75) is 33.9 Å². The molecule has 3 rings (SSSR count). The molecule has 2 heterocycles. The lowest BCUT2D eigenvalue weighted by molar-refractivity contribution is 0.0919. The fourth-order valence-corrected chi connectivity index (χ4v) is 2.67. The normalized spacial score (nSPS) is 10.8. The van der Waals surface area contributed by atoms with E-state index in [-0.39, 0.29) is 18.3 Å². The first-order valence-electron chi connectivity index (χ1n) is 8.48. The molecule has 0 aliphatic heterocycles. The SMILES string of the molecule is Cc1ccc(C)c(OCc2ccc(C(=O)NCc3cn(C)nc3C)o2)c1. The van der Waals surface area contributed by atoms with E-state index in [4.69, 9.17) is 9.15 Å². The molecule has 1 aromatic carbocycles. The van der Waals surface area contributed by atoms with Crippen LogP contribution in [0.2, 0.25) is 0 Å². The number of benzene rings is 1. The molecule has 0 atom stereocenters. The van der Waals surface area contributed by atoms with Crippen LogP contribution in [-0.4, -0.2) is 15.7 Å². The summed E-state index contributed by atoms with van der Waals surface area (Å²) in [5, 5.41) is 7.10. The van der Waals surface area contributed by atoms with Crippen LogP contribution in [0, 0.1) is 20.8 Å². The van der Waals surface area contributed by atoms with Gasteiger partial charge in [0.15, 0.2) is 5.76 Å². The Balaban J connectivity index is 1.57. The average Bonchev–Trinajstić information content (AvgIpc) is 3.20. The molecule has 6 heteroatoms. The van der Waals surface area contributed by atoms with Crippen molar-refractivity contribution in [2.75, 3.05) is 0 Å². The monoisotopic (exact) mass is 353 g/mol. The Kier molecular flexibility index (Phi) is 5.11. The molecule has 0 spiro atoms. The van der Waals surface area contributed by atoms with Gasteiger partial charge in [-0.15, -0.1) is 0 Å². The summed E-state index contributed by atoms with van der Waals surface area (Å²) in [5.74, 6) is 1.44. The fourth-order valence-electron chi connectivity index (χ4n) is 2.67. The molecule has 1 N–H and O–H groups in total. The standard InChI is InChI=1S/C20H23N3O3/c1-13-5-6-14(2)19(9-13)25-12-17-7-8-18(26-17)20(24)21-10-16-11-23(4)22-15(16)3/h5-9,11H,10,12H2,1-4H3,(H,21,24). The molecule has 0 saturated heterocycles. The van der Waals surface area contributed by atoms with Crippen molar-refractivity contribution >= 4 is 5.91 Å². The van der Waals surface area contributed by atoms with Gasteiger partial charge in [-0.3, -0.25) is 9.48 Å². The molecule has 0 saturated carbocycles. The number of hydrogen-bond donors (Lipinski definition) is 1. The number of nitrogens with one attached hydrogen (secondary N) is 1. The second-order valence-electron chi connectivity index (χ2n) is 6.42. The second kappa shape index (κ2) is 7.47. The number of carbonyl (C=O) groups excluding carboxylic acids is 1. The smallest absolute Gasteiger partial charge is 0.287 e. The zero-order valence-corrected chi connectivity index (χ0v) is 15.5. The van der Waals surface area contributed by atoms with Crippen LogP contribution in [0.1, 0.15) is 38.7 Å². The molecule has 26 heavy (non-hydrogen) atoms. The second-order valence-corrected chi connectivity index (χ2v) is 6.42. The Hall–Kier alpha value is -3.02. The minimum absolute atomic E-state index is 0.258. The first kappa shape index (κ1) is 17.8. The maximum absolute atomic E-state index is 12.2. The highest BCUT2D eigenvalue weighted by Gasteiger charge is 2.13. The van der Waals surface area contributed by atoms with E-state index in [1.807, 2.05) is 52.2 Å². The summed E-state index contributed by atoms with van der Waals surface area (Å²) in [5.41, 5.74) is 4.07. The predicted molar refractivity (Wildman–Crippen MR) is 98.1 cm³/mol. The number of furan rings is 1. The first-order valence-corrected chi connectivity index (χ1v) is 8.48. The Morgan fingerprint density at radius 3 is 2.77 bits per heavy atom. The van der Waals surface area contributed by atoms with Crippen LogP contribution >= 0.6 is 0 Å². The van der Waals surface area contributed by atoms with Gasteiger partial charge < -0.3 is 14.5 Å². The quantitative estimate of drug-likeness (QED) is 0.737. The van der Waals surface area contributed by atoms with Crippen LogP contribution in [0.25, 0.3) is 0 Å². The van der Waals surface area contributed by atoms with Crippen molar-refractivity contribution in [2.24, 2.45) is 7.05 Å². The molecule has 0 fully saturated rings. The number of rotatable bonds is 6. The minimum atomic E-state index is -0.258. The number of nitrogens with zero attached hydrogens (tertiary/aromatic N) is 2. The van der Waals surface area contributed by atoms with Gasteiger partial charge in [0.1, 0.15) is 18.1 Å². The molecule has 0 unspecified atom stereocenters. The van der Waals surface area contributed by atoms with Crippen molar-refractivity contribution in [3.8, 4) is 5.75 Å². The number of amides is 1. The molecule has 3 aromatic rings. The van der Waals surface area contributed by atoms with E-state index in [9.17, 15) is 4.79 Å². The molecular weight excluding hydrogens is 330 g/mol. The lowest BCUT2D eigenvalue weighted by Gasteiger charge is -2.08. The highest BCUT2D eigenvalue weighted by Crippen LogP contribution is 2.21. The number of aryl methyl sites for hydroxylation is 4. The lowest BCUT2D eigenvalue weighted by Crippen LogP contribution is -2.22. The van der Waals surface area contributed by atoms with E-state index >= 15 is 0 Å².